The minimum Gasteiger partial charge on any atom is -0.427 e. The Morgan fingerprint density at radius 3 is 1.00 bits per heavy atom. The molecule has 3 aromatic heterocycles. The van der Waals surface area contributed by atoms with Gasteiger partial charge in [-0.3, -0.25) is 9.78 Å². The maximum absolute atomic E-state index is 11.2. The number of nitrogens with zero attached hydrogens (tertiary/aromatic N) is 1. The molecular weight excluding hydrogens is 1270 g/mol. The molecule has 0 saturated carbocycles. The summed E-state index contributed by atoms with van der Waals surface area (Å²) in [5, 5.41) is 23.3. The van der Waals surface area contributed by atoms with E-state index in [1.165, 1.54) is 68.4 Å². The fraction of sp³-hybridized carbons (Fsp3) is 0.457. The van der Waals surface area contributed by atoms with Crippen molar-refractivity contribution < 1.29 is 47.4 Å². The number of fused-ring (bicyclic) bond motifs is 12. The molecule has 8 aromatic rings. The summed E-state index contributed by atoms with van der Waals surface area (Å²) in [7, 11) is 0. The van der Waals surface area contributed by atoms with Gasteiger partial charge >= 0.3 is 5.97 Å². The standard InChI is InChI=1S/C23H27NO4.C20H24N2O2.2C19H23NO2S/c1-14(25)28-17-8-5-15(6-9-17)20-22-21(26-11-12-27-22)18-13-16(23(2,3)4)7-10-19(18)24-20;1-20(2,3)14-6-7-16-15(11-14)18-19(24-10-9-23-18)17(22-16)13-5-4-8-21-12-13;2*1-19(2,3)13-4-5-15-14(10-13)17-18(22-8-7-21-17)16(20-15)12-6-9-23-11-12/h5-10,13,20-22,24H,11-12H2,1-4H3;4-8,11-12,17-19,22H,9-10H2,1-3H3;2*4-6,9-11,16-18,20H,7-8H2,1-3H3/t;17-,18+,19-;16-,17+,18-;/m.01./s1. The van der Waals surface area contributed by atoms with Crippen LogP contribution in [0.4, 0.5) is 22.7 Å². The number of nitrogens with one attached hydrogen (secondary N) is 4. The molecule has 12 atom stereocenters. The fourth-order valence-electron chi connectivity index (χ4n) is 14.4. The zero-order valence-corrected chi connectivity index (χ0v) is 60.6. The first-order valence-corrected chi connectivity index (χ1v) is 36.6. The molecule has 4 fully saturated rings. The SMILES string of the molecule is CC(=O)Oc1ccc(C2Nc3ccc(C(C)(C)C)cc3C3OCCOC23)cc1.CC(C)(C)c1ccc2c(c1)C1OCCOC1C(c1ccsc1)N2.CC(C)(C)c1ccc2c(c1)[C@@H]1OCCO[C@@H]1[C@@H](c1ccsc1)N2.CC(C)(C)c1ccc2c(c1)[C@H]1OCCO[C@H]1[C@H](c1cccnc1)N2. The number of anilines is 4. The fourth-order valence-corrected chi connectivity index (χ4v) is 15.8. The third-order valence-electron chi connectivity index (χ3n) is 19.8. The number of hydrogen-bond donors (Lipinski definition) is 4. The predicted octanol–water partition coefficient (Wildman–Crippen LogP) is 17.9. The molecule has 0 radical (unpaired) electrons. The summed E-state index contributed by atoms with van der Waals surface area (Å²) in [5.41, 5.74) is 19.8. The van der Waals surface area contributed by atoms with Gasteiger partial charge in [0, 0.05) is 64.3 Å². The molecule has 8 aliphatic heterocycles. The van der Waals surface area contributed by atoms with E-state index in [0.717, 1.165) is 28.1 Å². The topological polar surface area (TPSA) is 161 Å². The minimum atomic E-state index is -0.323. The first-order valence-electron chi connectivity index (χ1n) is 34.7. The molecule has 4 saturated heterocycles. The molecule has 98 heavy (non-hydrogen) atoms. The lowest BCUT2D eigenvalue weighted by Gasteiger charge is -2.43. The van der Waals surface area contributed by atoms with Gasteiger partial charge in [-0.1, -0.05) is 150 Å². The van der Waals surface area contributed by atoms with Gasteiger partial charge in [-0.15, -0.1) is 0 Å². The molecule has 0 aliphatic carbocycles. The summed E-state index contributed by atoms with van der Waals surface area (Å²) in [6.07, 6.45) is 3.48. The number of pyridine rings is 1. The molecule has 5 aromatic carbocycles. The summed E-state index contributed by atoms with van der Waals surface area (Å²) in [5.74, 6) is 0.218. The van der Waals surface area contributed by atoms with Crippen LogP contribution >= 0.6 is 22.7 Å². The molecular formula is C81H97N5O10S2. The van der Waals surface area contributed by atoms with Crippen LogP contribution < -0.4 is 26.0 Å². The van der Waals surface area contributed by atoms with E-state index < -0.39 is 0 Å². The molecule has 8 aliphatic rings. The zero-order chi connectivity index (χ0) is 68.7. The maximum atomic E-state index is 11.2. The van der Waals surface area contributed by atoms with Crippen molar-refractivity contribution in [2.24, 2.45) is 0 Å². The minimum absolute atomic E-state index is 0.00667. The number of rotatable bonds is 5. The second-order valence-corrected chi connectivity index (χ2v) is 32.3. The Hall–Kier alpha value is -7.00. The highest BCUT2D eigenvalue weighted by Gasteiger charge is 2.46. The smallest absolute Gasteiger partial charge is 0.308 e. The van der Waals surface area contributed by atoms with E-state index in [2.05, 4.69) is 222 Å². The number of ether oxygens (including phenoxy) is 9. The Morgan fingerprint density at radius 1 is 0.398 bits per heavy atom. The van der Waals surface area contributed by atoms with Gasteiger partial charge in [-0.05, 0) is 142 Å². The van der Waals surface area contributed by atoms with Crippen molar-refractivity contribution >= 4 is 51.4 Å². The zero-order valence-electron chi connectivity index (χ0n) is 58.9. The number of thiophene rings is 2. The van der Waals surface area contributed by atoms with Crippen LogP contribution in [-0.2, 0) is 64.3 Å². The van der Waals surface area contributed by atoms with Gasteiger partial charge in [0.15, 0.2) is 0 Å². The number of aromatic nitrogens is 1. The average molecular weight is 1360 g/mol. The van der Waals surface area contributed by atoms with E-state index in [9.17, 15) is 4.79 Å². The van der Waals surface area contributed by atoms with Crippen molar-refractivity contribution in [2.75, 3.05) is 74.1 Å². The van der Waals surface area contributed by atoms with E-state index in [1.807, 2.05) is 36.5 Å². The third-order valence-corrected chi connectivity index (χ3v) is 21.2. The van der Waals surface area contributed by atoms with Gasteiger partial charge < -0.3 is 63.9 Å². The summed E-state index contributed by atoms with van der Waals surface area (Å²) in [4.78, 5) is 15.4. The number of benzene rings is 5. The maximum Gasteiger partial charge on any atom is 0.308 e. The van der Waals surface area contributed by atoms with Crippen molar-refractivity contribution in [3.05, 3.63) is 222 Å². The van der Waals surface area contributed by atoms with Crippen molar-refractivity contribution in [1.82, 2.24) is 4.98 Å². The molecule has 15 nitrogen and oxygen atoms in total. The quantitative estimate of drug-likeness (QED) is 0.0951. The van der Waals surface area contributed by atoms with E-state index >= 15 is 0 Å². The van der Waals surface area contributed by atoms with Gasteiger partial charge in [-0.25, -0.2) is 0 Å². The highest BCUT2D eigenvalue weighted by molar-refractivity contribution is 7.08. The molecule has 518 valence electrons. The van der Waals surface area contributed by atoms with E-state index in [4.69, 9.17) is 42.6 Å². The molecule has 16 rings (SSSR count). The Kier molecular flexibility index (Phi) is 20.5. The average Bonchev–Trinajstić information content (AvgIpc) is 0.964. The highest BCUT2D eigenvalue weighted by Crippen LogP contribution is 2.50. The summed E-state index contributed by atoms with van der Waals surface area (Å²) < 4.78 is 54.3. The van der Waals surface area contributed by atoms with Gasteiger partial charge in [0.25, 0.3) is 0 Å². The first kappa shape index (κ1) is 69.5. The Balaban J connectivity index is 0.000000118. The van der Waals surface area contributed by atoms with Gasteiger partial charge in [0.2, 0.25) is 0 Å². The second-order valence-electron chi connectivity index (χ2n) is 30.8. The second kappa shape index (κ2) is 28.9. The predicted molar refractivity (Wildman–Crippen MR) is 390 cm³/mol. The number of hydrogen-bond acceptors (Lipinski definition) is 17. The summed E-state index contributed by atoms with van der Waals surface area (Å²) >= 11 is 3.45. The van der Waals surface area contributed by atoms with Crippen molar-refractivity contribution in [3.63, 3.8) is 0 Å². The van der Waals surface area contributed by atoms with Crippen LogP contribution in [0.5, 0.6) is 5.75 Å². The number of carbonyl (C=O) groups excluding carboxylic acids is 1. The van der Waals surface area contributed by atoms with Gasteiger partial charge in [0.05, 0.1) is 77.0 Å². The molecule has 4 N–H and O–H groups in total. The molecule has 11 heterocycles. The van der Waals surface area contributed by atoms with Crippen molar-refractivity contribution in [2.45, 2.75) is 185 Å². The highest BCUT2D eigenvalue weighted by atomic mass is 32.1. The normalized spacial score (nSPS) is 25.9. The van der Waals surface area contributed by atoms with Crippen LogP contribution in [-0.4, -0.2) is 88.2 Å². The van der Waals surface area contributed by atoms with Crippen molar-refractivity contribution in [1.29, 1.82) is 0 Å². The molecule has 17 heteroatoms. The van der Waals surface area contributed by atoms with Crippen LogP contribution in [0.1, 0.15) is 205 Å². The van der Waals surface area contributed by atoms with E-state index in [0.29, 0.717) is 58.6 Å². The van der Waals surface area contributed by atoms with Crippen LogP contribution in [0.3, 0.4) is 0 Å². The van der Waals surface area contributed by atoms with Gasteiger partial charge in [0.1, 0.15) is 54.6 Å². The lowest BCUT2D eigenvalue weighted by Crippen LogP contribution is -2.43. The lowest BCUT2D eigenvalue weighted by molar-refractivity contribution is -0.151. The Morgan fingerprint density at radius 2 is 0.714 bits per heavy atom. The molecule has 6 unspecified atom stereocenters. The largest absolute Gasteiger partial charge is 0.427 e. The summed E-state index contributed by atoms with van der Waals surface area (Å²) in [6, 6.07) is 42.9. The van der Waals surface area contributed by atoms with Crippen LogP contribution in [0, 0.1) is 0 Å². The van der Waals surface area contributed by atoms with E-state index in [-0.39, 0.29) is 101 Å². The van der Waals surface area contributed by atoms with Crippen molar-refractivity contribution in [3.8, 4) is 5.75 Å². The van der Waals surface area contributed by atoms with Gasteiger partial charge in [-0.2, -0.15) is 22.7 Å². The first-order chi connectivity index (χ1) is 46.9. The number of carbonyl (C=O) groups is 1. The Bertz CT molecular complexity index is 3890. The van der Waals surface area contributed by atoms with E-state index in [1.54, 1.807) is 28.9 Å². The van der Waals surface area contributed by atoms with Crippen LogP contribution in [0.2, 0.25) is 0 Å². The molecule has 0 bridgehead atoms. The molecule has 0 spiro atoms. The van der Waals surface area contributed by atoms with Crippen LogP contribution in [0.25, 0.3) is 0 Å². The Labute approximate surface area is 587 Å². The lowest BCUT2D eigenvalue weighted by atomic mass is 9.82. The number of esters is 1. The monoisotopic (exact) mass is 1360 g/mol. The third kappa shape index (κ3) is 15.2. The summed E-state index contributed by atoms with van der Waals surface area (Å²) in [6.45, 7) is 33.3. The molecule has 0 amide bonds. The van der Waals surface area contributed by atoms with Crippen LogP contribution in [0.15, 0.2) is 155 Å².